The first-order valence-corrected chi connectivity index (χ1v) is 3.83. The van der Waals surface area contributed by atoms with Gasteiger partial charge in [0.05, 0.1) is 0 Å². The van der Waals surface area contributed by atoms with Crippen molar-refractivity contribution >= 4 is 17.9 Å². The molecule has 0 aromatic rings. The van der Waals surface area contributed by atoms with Gasteiger partial charge in [-0.1, -0.05) is 0 Å². The molecule has 3 amide bonds. The normalized spacial score (nSPS) is 11.6. The molecule has 0 fully saturated rings. The Morgan fingerprint density at radius 3 is 2.43 bits per heavy atom. The number of amides is 3. The number of imide groups is 1. The van der Waals surface area contributed by atoms with Gasteiger partial charge in [-0.15, -0.1) is 0 Å². The first kappa shape index (κ1) is 12.4. The van der Waals surface area contributed by atoms with Gasteiger partial charge >= 0.3 is 12.0 Å². The zero-order valence-corrected chi connectivity index (χ0v) is 7.86. The van der Waals surface area contributed by atoms with Crippen LogP contribution in [0.15, 0.2) is 0 Å². The third-order valence-corrected chi connectivity index (χ3v) is 1.29. The molecule has 1 atom stereocenters. The Labute approximate surface area is 80.4 Å². The largest absolute Gasteiger partial charge is 0.479 e. The van der Waals surface area contributed by atoms with Gasteiger partial charge in [-0.25, -0.2) is 9.59 Å². The maximum Gasteiger partial charge on any atom is 0.332 e. The lowest BCUT2D eigenvalue weighted by Crippen LogP contribution is -2.40. The van der Waals surface area contributed by atoms with Gasteiger partial charge in [-0.2, -0.15) is 0 Å². The Morgan fingerprint density at radius 2 is 2.00 bits per heavy atom. The number of carboxylic acid groups (broad SMARTS) is 1. The average molecular weight is 204 g/mol. The molecule has 0 aromatic carbocycles. The summed E-state index contributed by atoms with van der Waals surface area (Å²) >= 11 is 0. The second kappa shape index (κ2) is 5.92. The predicted molar refractivity (Wildman–Crippen MR) is 45.6 cm³/mol. The van der Waals surface area contributed by atoms with Gasteiger partial charge in [0.15, 0.2) is 6.10 Å². The molecule has 7 heteroatoms. The second-order valence-electron chi connectivity index (χ2n) is 2.42. The van der Waals surface area contributed by atoms with Crippen LogP contribution < -0.4 is 10.6 Å². The number of urea groups is 1. The van der Waals surface area contributed by atoms with Crippen molar-refractivity contribution in [3.8, 4) is 0 Å². The Hall–Kier alpha value is -1.63. The smallest absolute Gasteiger partial charge is 0.332 e. The molecule has 3 N–H and O–H groups in total. The van der Waals surface area contributed by atoms with E-state index in [0.717, 1.165) is 0 Å². The molecule has 0 aliphatic carbocycles. The number of carboxylic acids is 1. The quantitative estimate of drug-likeness (QED) is 0.541. The predicted octanol–water partition coefficient (Wildman–Crippen LogP) is -1.07. The van der Waals surface area contributed by atoms with E-state index in [2.05, 4.69) is 10.1 Å². The van der Waals surface area contributed by atoms with Gasteiger partial charge < -0.3 is 15.2 Å². The fraction of sp³-hybridized carbons (Fsp3) is 0.571. The van der Waals surface area contributed by atoms with E-state index in [0.29, 0.717) is 0 Å². The Morgan fingerprint density at radius 1 is 1.43 bits per heavy atom. The molecular weight excluding hydrogens is 192 g/mol. The van der Waals surface area contributed by atoms with E-state index in [1.54, 1.807) is 0 Å². The molecule has 0 aromatic heterocycles. The van der Waals surface area contributed by atoms with E-state index in [9.17, 15) is 14.4 Å². The zero-order valence-electron chi connectivity index (χ0n) is 7.86. The minimum absolute atomic E-state index is 0.471. The van der Waals surface area contributed by atoms with Gasteiger partial charge in [0, 0.05) is 7.05 Å². The van der Waals surface area contributed by atoms with Crippen molar-refractivity contribution in [2.45, 2.75) is 13.0 Å². The van der Waals surface area contributed by atoms with Crippen LogP contribution in [0.5, 0.6) is 0 Å². The summed E-state index contributed by atoms with van der Waals surface area (Å²) in [5.74, 6) is -1.87. The number of carbonyl (C=O) groups excluding carboxylic acids is 2. The number of rotatable bonds is 4. The number of hydrogen-bond donors (Lipinski definition) is 3. The minimum Gasteiger partial charge on any atom is -0.479 e. The van der Waals surface area contributed by atoms with Crippen LogP contribution in [0.2, 0.25) is 0 Å². The number of nitrogens with one attached hydrogen (secondary N) is 2. The average Bonchev–Trinajstić information content (AvgIpc) is 2.13. The molecule has 0 unspecified atom stereocenters. The maximum absolute atomic E-state index is 10.8. The highest BCUT2D eigenvalue weighted by Gasteiger charge is 2.13. The zero-order chi connectivity index (χ0) is 11.1. The fourth-order valence-electron chi connectivity index (χ4n) is 0.497. The van der Waals surface area contributed by atoms with E-state index in [-0.39, 0.29) is 0 Å². The summed E-state index contributed by atoms with van der Waals surface area (Å²) in [5.41, 5.74) is 0. The van der Waals surface area contributed by atoms with E-state index in [4.69, 9.17) is 5.11 Å². The standard InChI is InChI=1S/C7H12N2O5/c1-4(6(11)12)14-3-5(10)9-7(13)8-2/h4H,3H2,1-2H3,(H,11,12)(H2,8,9,10,13)/t4-/m1/s1. The minimum atomic E-state index is -1.17. The summed E-state index contributed by atoms with van der Waals surface area (Å²) in [4.78, 5) is 31.7. The first-order valence-electron chi connectivity index (χ1n) is 3.83. The molecule has 80 valence electrons. The topological polar surface area (TPSA) is 105 Å². The molecule has 0 rings (SSSR count). The van der Waals surface area contributed by atoms with E-state index >= 15 is 0 Å². The lowest BCUT2D eigenvalue weighted by molar-refractivity contribution is -0.150. The summed E-state index contributed by atoms with van der Waals surface area (Å²) in [6, 6.07) is -0.665. The van der Waals surface area contributed by atoms with Crippen LogP contribution in [0, 0.1) is 0 Å². The molecule has 0 heterocycles. The third kappa shape index (κ3) is 5.09. The third-order valence-electron chi connectivity index (χ3n) is 1.29. The van der Waals surface area contributed by atoms with Crippen molar-refractivity contribution in [1.82, 2.24) is 10.6 Å². The number of carbonyl (C=O) groups is 3. The first-order chi connectivity index (χ1) is 6.47. The van der Waals surface area contributed by atoms with Crippen LogP contribution in [-0.4, -0.2) is 42.8 Å². The van der Waals surface area contributed by atoms with Gasteiger partial charge in [0.1, 0.15) is 6.61 Å². The second-order valence-corrected chi connectivity index (χ2v) is 2.42. The van der Waals surface area contributed by atoms with Crippen LogP contribution in [0.1, 0.15) is 6.92 Å². The van der Waals surface area contributed by atoms with Gasteiger partial charge in [-0.3, -0.25) is 10.1 Å². The molecular formula is C7H12N2O5. The highest BCUT2D eigenvalue weighted by atomic mass is 16.5. The highest BCUT2D eigenvalue weighted by molar-refractivity contribution is 5.94. The Kier molecular flexibility index (Phi) is 5.23. The molecule has 0 saturated carbocycles. The van der Waals surface area contributed by atoms with Gasteiger partial charge in [0.2, 0.25) is 0 Å². The molecule has 0 aliphatic rings. The molecule has 7 nitrogen and oxygen atoms in total. The monoisotopic (exact) mass is 204 g/mol. The van der Waals surface area contributed by atoms with Crippen molar-refractivity contribution in [1.29, 1.82) is 0 Å². The van der Waals surface area contributed by atoms with Crippen LogP contribution >= 0.6 is 0 Å². The summed E-state index contributed by atoms with van der Waals surface area (Å²) in [6.07, 6.45) is -1.08. The van der Waals surface area contributed by atoms with Crippen molar-refractivity contribution in [2.75, 3.05) is 13.7 Å². The van der Waals surface area contributed by atoms with Crippen molar-refractivity contribution in [2.24, 2.45) is 0 Å². The van der Waals surface area contributed by atoms with Crippen LogP contribution in [0.4, 0.5) is 4.79 Å². The lowest BCUT2D eigenvalue weighted by atomic mass is 10.4. The fourth-order valence-corrected chi connectivity index (χ4v) is 0.497. The van der Waals surface area contributed by atoms with Crippen LogP contribution in [-0.2, 0) is 14.3 Å². The number of hydrogen-bond acceptors (Lipinski definition) is 4. The number of ether oxygens (including phenoxy) is 1. The summed E-state index contributed by atoms with van der Waals surface area (Å²) in [5, 5.41) is 12.5. The highest BCUT2D eigenvalue weighted by Crippen LogP contribution is 1.89. The molecule has 0 aliphatic heterocycles. The molecule has 0 radical (unpaired) electrons. The van der Waals surface area contributed by atoms with Crippen molar-refractivity contribution < 1.29 is 24.2 Å². The molecule has 14 heavy (non-hydrogen) atoms. The molecule has 0 bridgehead atoms. The maximum atomic E-state index is 10.8. The summed E-state index contributed by atoms with van der Waals surface area (Å²) < 4.78 is 4.62. The summed E-state index contributed by atoms with van der Waals surface area (Å²) in [7, 11) is 1.35. The number of aliphatic carboxylic acids is 1. The van der Waals surface area contributed by atoms with E-state index in [1.807, 2.05) is 5.32 Å². The molecule has 0 saturated heterocycles. The lowest BCUT2D eigenvalue weighted by Gasteiger charge is -2.07. The van der Waals surface area contributed by atoms with Gasteiger partial charge in [0.25, 0.3) is 5.91 Å². The van der Waals surface area contributed by atoms with Gasteiger partial charge in [-0.05, 0) is 6.92 Å². The Bertz CT molecular complexity index is 240. The van der Waals surface area contributed by atoms with Crippen molar-refractivity contribution in [3.05, 3.63) is 0 Å². The van der Waals surface area contributed by atoms with Crippen LogP contribution in [0.25, 0.3) is 0 Å². The van der Waals surface area contributed by atoms with Crippen molar-refractivity contribution in [3.63, 3.8) is 0 Å². The van der Waals surface area contributed by atoms with E-state index < -0.39 is 30.6 Å². The van der Waals surface area contributed by atoms with E-state index in [1.165, 1.54) is 14.0 Å². The van der Waals surface area contributed by atoms with Crippen LogP contribution in [0.3, 0.4) is 0 Å². The Balaban J connectivity index is 3.74. The SMILES string of the molecule is CNC(=O)NC(=O)CO[C@H](C)C(=O)O. The molecule has 0 spiro atoms. The summed E-state index contributed by atoms with van der Waals surface area (Å²) in [6.45, 7) is 0.816.